The van der Waals surface area contributed by atoms with Gasteiger partial charge >= 0.3 is 0 Å². The third-order valence-corrected chi connectivity index (χ3v) is 5.51. The molecule has 2 N–H and O–H groups in total. The zero-order valence-corrected chi connectivity index (χ0v) is 19.0. The van der Waals surface area contributed by atoms with Crippen LogP contribution in [0, 0.1) is 0 Å². The Labute approximate surface area is 178 Å². The normalized spacial score (nSPS) is 20.2. The Bertz CT molecular complexity index is 551. The van der Waals surface area contributed by atoms with Gasteiger partial charge in [0.2, 0.25) is 5.91 Å². The number of likely N-dealkylation sites (N-methyl/N-ethyl adjacent to an activating group) is 1. The Hall–Kier alpha value is -0.900. The zero-order valence-electron chi connectivity index (χ0n) is 15.9. The maximum atomic E-state index is 11.8. The van der Waals surface area contributed by atoms with Gasteiger partial charge in [-0.2, -0.15) is 11.8 Å². The highest BCUT2D eigenvalue weighted by Gasteiger charge is 2.22. The van der Waals surface area contributed by atoms with Crippen molar-refractivity contribution in [1.82, 2.24) is 15.5 Å². The van der Waals surface area contributed by atoms with Crippen LogP contribution in [0.2, 0.25) is 0 Å². The van der Waals surface area contributed by atoms with E-state index in [1.807, 2.05) is 23.9 Å². The van der Waals surface area contributed by atoms with Crippen LogP contribution in [-0.4, -0.2) is 61.5 Å². The molecule has 148 valence electrons. The standard InChI is InChI=1S/C18H30N4O2S.HI/c1-22(2)17(23)13-20-18(19-10-9-15-7-5-11-24-15)21-14-6-4-8-16(12-14)25-3;/h5,7,11,14,16H,4,6,8-10,12-13H2,1-3H3,(H2,19,20,21);1H. The van der Waals surface area contributed by atoms with Crippen molar-refractivity contribution in [3.63, 3.8) is 0 Å². The van der Waals surface area contributed by atoms with E-state index < -0.39 is 0 Å². The van der Waals surface area contributed by atoms with Crippen molar-refractivity contribution in [2.75, 3.05) is 33.4 Å². The van der Waals surface area contributed by atoms with E-state index in [4.69, 9.17) is 4.42 Å². The highest BCUT2D eigenvalue weighted by atomic mass is 127. The van der Waals surface area contributed by atoms with Gasteiger partial charge in [-0.25, -0.2) is 4.99 Å². The molecule has 0 aromatic carbocycles. The summed E-state index contributed by atoms with van der Waals surface area (Å²) in [5.74, 6) is 1.66. The number of guanidine groups is 1. The number of halogens is 1. The Morgan fingerprint density at radius 2 is 2.23 bits per heavy atom. The molecule has 26 heavy (non-hydrogen) atoms. The van der Waals surface area contributed by atoms with Crippen LogP contribution in [0.25, 0.3) is 0 Å². The highest BCUT2D eigenvalue weighted by Crippen LogP contribution is 2.26. The zero-order chi connectivity index (χ0) is 18.1. The first-order chi connectivity index (χ1) is 12.1. The van der Waals surface area contributed by atoms with E-state index in [9.17, 15) is 4.79 Å². The van der Waals surface area contributed by atoms with Crippen molar-refractivity contribution >= 4 is 47.6 Å². The summed E-state index contributed by atoms with van der Waals surface area (Å²) < 4.78 is 5.36. The minimum Gasteiger partial charge on any atom is -0.469 e. The number of rotatable bonds is 7. The van der Waals surface area contributed by atoms with Crippen LogP contribution in [0.15, 0.2) is 27.8 Å². The lowest BCUT2D eigenvalue weighted by Gasteiger charge is -2.30. The minimum absolute atomic E-state index is 0. The number of carbonyl (C=O) groups is 1. The van der Waals surface area contributed by atoms with E-state index in [-0.39, 0.29) is 36.4 Å². The third kappa shape index (κ3) is 8.20. The van der Waals surface area contributed by atoms with Crippen molar-refractivity contribution < 1.29 is 9.21 Å². The van der Waals surface area contributed by atoms with Crippen LogP contribution in [0.3, 0.4) is 0 Å². The summed E-state index contributed by atoms with van der Waals surface area (Å²) in [5.41, 5.74) is 0. The van der Waals surface area contributed by atoms with Crippen molar-refractivity contribution in [1.29, 1.82) is 0 Å². The lowest BCUT2D eigenvalue weighted by atomic mass is 9.95. The summed E-state index contributed by atoms with van der Waals surface area (Å²) in [6.07, 6.45) is 9.46. The number of thioether (sulfide) groups is 1. The summed E-state index contributed by atoms with van der Waals surface area (Å²) in [6.45, 7) is 0.871. The molecule has 2 unspecified atom stereocenters. The molecule has 1 saturated carbocycles. The Morgan fingerprint density at radius 3 is 2.88 bits per heavy atom. The SMILES string of the molecule is CSC1CCCC(NC(=NCC(=O)N(C)C)NCCc2ccco2)C1.I. The maximum Gasteiger partial charge on any atom is 0.243 e. The van der Waals surface area contributed by atoms with Crippen LogP contribution in [0.1, 0.15) is 31.4 Å². The summed E-state index contributed by atoms with van der Waals surface area (Å²) >= 11 is 1.94. The lowest BCUT2D eigenvalue weighted by Crippen LogP contribution is -2.46. The second-order valence-corrected chi connectivity index (χ2v) is 7.71. The smallest absolute Gasteiger partial charge is 0.243 e. The van der Waals surface area contributed by atoms with E-state index >= 15 is 0 Å². The summed E-state index contributed by atoms with van der Waals surface area (Å²) in [6, 6.07) is 4.27. The van der Waals surface area contributed by atoms with E-state index in [0.29, 0.717) is 23.8 Å². The number of aliphatic imine (C=N–C) groups is 1. The van der Waals surface area contributed by atoms with Gasteiger partial charge in [0, 0.05) is 38.4 Å². The van der Waals surface area contributed by atoms with Gasteiger partial charge in [-0.1, -0.05) is 6.42 Å². The predicted molar refractivity (Wildman–Crippen MR) is 120 cm³/mol. The molecule has 1 aromatic rings. The van der Waals surface area contributed by atoms with Gasteiger partial charge in [-0.15, -0.1) is 24.0 Å². The molecule has 0 saturated heterocycles. The number of nitrogens with one attached hydrogen (secondary N) is 2. The van der Waals surface area contributed by atoms with Gasteiger partial charge in [0.1, 0.15) is 12.3 Å². The number of carbonyl (C=O) groups excluding carboxylic acids is 1. The molecule has 0 bridgehead atoms. The molecule has 1 aliphatic rings. The molecule has 1 aliphatic carbocycles. The third-order valence-electron chi connectivity index (χ3n) is 4.42. The van der Waals surface area contributed by atoms with Crippen LogP contribution < -0.4 is 10.6 Å². The van der Waals surface area contributed by atoms with E-state index in [2.05, 4.69) is 21.9 Å². The average molecular weight is 494 g/mol. The summed E-state index contributed by atoms with van der Waals surface area (Å²) in [7, 11) is 3.50. The number of furan rings is 1. The van der Waals surface area contributed by atoms with Gasteiger partial charge in [0.25, 0.3) is 0 Å². The quantitative estimate of drug-likeness (QED) is 0.347. The first-order valence-electron chi connectivity index (χ1n) is 8.88. The summed E-state index contributed by atoms with van der Waals surface area (Å²) in [5, 5.41) is 7.56. The van der Waals surface area contributed by atoms with Crippen molar-refractivity contribution in [2.24, 2.45) is 4.99 Å². The van der Waals surface area contributed by atoms with Crippen molar-refractivity contribution in [3.8, 4) is 0 Å². The van der Waals surface area contributed by atoms with Crippen LogP contribution in [0.5, 0.6) is 0 Å². The molecule has 1 heterocycles. The number of amides is 1. The molecule has 6 nitrogen and oxygen atoms in total. The van der Waals surface area contributed by atoms with Crippen molar-refractivity contribution in [3.05, 3.63) is 24.2 Å². The van der Waals surface area contributed by atoms with Gasteiger partial charge < -0.3 is 20.0 Å². The Balaban J connectivity index is 0.00000338. The fourth-order valence-electron chi connectivity index (χ4n) is 2.88. The molecular weight excluding hydrogens is 463 g/mol. The summed E-state index contributed by atoms with van der Waals surface area (Å²) in [4.78, 5) is 17.9. The average Bonchev–Trinajstić information content (AvgIpc) is 3.12. The monoisotopic (exact) mass is 494 g/mol. The van der Waals surface area contributed by atoms with Crippen LogP contribution >= 0.6 is 35.7 Å². The molecule has 0 spiro atoms. The largest absolute Gasteiger partial charge is 0.469 e. The second kappa shape index (κ2) is 12.5. The van der Waals surface area contributed by atoms with E-state index in [1.54, 1.807) is 25.3 Å². The first-order valence-corrected chi connectivity index (χ1v) is 10.2. The first kappa shape index (κ1) is 23.1. The van der Waals surface area contributed by atoms with Crippen LogP contribution in [0.4, 0.5) is 0 Å². The molecule has 2 atom stereocenters. The molecule has 8 heteroatoms. The Kier molecular flexibility index (Phi) is 11.1. The van der Waals surface area contributed by atoms with E-state index in [0.717, 1.165) is 25.0 Å². The fourth-order valence-corrected chi connectivity index (χ4v) is 3.71. The van der Waals surface area contributed by atoms with Crippen molar-refractivity contribution in [2.45, 2.75) is 43.4 Å². The number of hydrogen-bond acceptors (Lipinski definition) is 4. The minimum atomic E-state index is -0.00207. The van der Waals surface area contributed by atoms with Gasteiger partial charge in [0.15, 0.2) is 5.96 Å². The van der Waals surface area contributed by atoms with Gasteiger partial charge in [-0.3, -0.25) is 4.79 Å². The molecule has 1 fully saturated rings. The number of hydrogen-bond donors (Lipinski definition) is 2. The maximum absolute atomic E-state index is 11.8. The van der Waals surface area contributed by atoms with E-state index in [1.165, 1.54) is 12.8 Å². The number of nitrogens with zero attached hydrogens (tertiary/aromatic N) is 2. The topological polar surface area (TPSA) is 69.9 Å². The molecule has 1 amide bonds. The molecule has 0 aliphatic heterocycles. The van der Waals surface area contributed by atoms with Gasteiger partial charge in [-0.05, 0) is 37.7 Å². The van der Waals surface area contributed by atoms with Crippen LogP contribution in [-0.2, 0) is 11.2 Å². The second-order valence-electron chi connectivity index (χ2n) is 6.57. The fraction of sp³-hybridized carbons (Fsp3) is 0.667. The molecule has 0 radical (unpaired) electrons. The highest BCUT2D eigenvalue weighted by molar-refractivity contribution is 14.0. The Morgan fingerprint density at radius 1 is 1.42 bits per heavy atom. The molecule has 1 aromatic heterocycles. The predicted octanol–water partition coefficient (Wildman–Crippen LogP) is 2.74. The molecule has 2 rings (SSSR count). The lowest BCUT2D eigenvalue weighted by molar-refractivity contribution is -0.127. The van der Waals surface area contributed by atoms with Gasteiger partial charge in [0.05, 0.1) is 6.26 Å². The molecular formula is C18H31IN4O2S.